The summed E-state index contributed by atoms with van der Waals surface area (Å²) in [6.45, 7) is 2.04. The quantitative estimate of drug-likeness (QED) is 0.863. The van der Waals surface area contributed by atoms with Crippen molar-refractivity contribution in [2.75, 3.05) is 12.0 Å². The number of phenolic OH excluding ortho intramolecular Hbond substituents is 1. The Bertz CT molecular complexity index is 583. The number of phenols is 1. The summed E-state index contributed by atoms with van der Waals surface area (Å²) >= 11 is 0. The first-order valence-electron chi connectivity index (χ1n) is 6.96. The SMILES string of the molecule is CC(CS(C)=O)NC(c1ccccc1)c1ccc(O)cc1. The van der Waals surface area contributed by atoms with Gasteiger partial charge in [0.1, 0.15) is 5.75 Å². The third-order valence-electron chi connectivity index (χ3n) is 3.30. The lowest BCUT2D eigenvalue weighted by atomic mass is 9.98. The highest BCUT2D eigenvalue weighted by atomic mass is 32.2. The number of hydrogen-bond donors (Lipinski definition) is 2. The van der Waals surface area contributed by atoms with Crippen LogP contribution in [0.5, 0.6) is 5.75 Å². The van der Waals surface area contributed by atoms with Crippen LogP contribution in [0.4, 0.5) is 0 Å². The van der Waals surface area contributed by atoms with E-state index in [1.54, 1.807) is 18.4 Å². The van der Waals surface area contributed by atoms with Crippen LogP contribution in [-0.4, -0.2) is 27.4 Å². The van der Waals surface area contributed by atoms with E-state index in [2.05, 4.69) is 17.4 Å². The number of benzene rings is 2. The number of nitrogens with one attached hydrogen (secondary N) is 1. The van der Waals surface area contributed by atoms with Crippen molar-refractivity contribution in [2.45, 2.75) is 19.0 Å². The summed E-state index contributed by atoms with van der Waals surface area (Å²) in [5.41, 5.74) is 2.23. The van der Waals surface area contributed by atoms with E-state index >= 15 is 0 Å². The molecule has 0 saturated heterocycles. The molecule has 0 radical (unpaired) electrons. The average Bonchev–Trinajstić information content (AvgIpc) is 2.46. The van der Waals surface area contributed by atoms with Gasteiger partial charge in [-0.05, 0) is 30.2 Å². The minimum absolute atomic E-state index is 0.0188. The van der Waals surface area contributed by atoms with Crippen molar-refractivity contribution in [3.8, 4) is 5.75 Å². The molecule has 112 valence electrons. The Morgan fingerprint density at radius 3 is 2.19 bits per heavy atom. The minimum atomic E-state index is -0.831. The maximum atomic E-state index is 11.4. The van der Waals surface area contributed by atoms with Gasteiger partial charge in [0.15, 0.2) is 0 Å². The molecule has 2 rings (SSSR count). The molecule has 3 unspecified atom stereocenters. The predicted octanol–water partition coefficient (Wildman–Crippen LogP) is 2.84. The van der Waals surface area contributed by atoms with Crippen molar-refractivity contribution in [1.82, 2.24) is 5.32 Å². The molecular weight excluding hydrogens is 282 g/mol. The molecule has 0 amide bonds. The predicted molar refractivity (Wildman–Crippen MR) is 87.9 cm³/mol. The topological polar surface area (TPSA) is 49.3 Å². The smallest absolute Gasteiger partial charge is 0.115 e. The first-order chi connectivity index (χ1) is 10.1. The van der Waals surface area contributed by atoms with E-state index in [1.807, 2.05) is 37.3 Å². The van der Waals surface area contributed by atoms with Gasteiger partial charge in [0, 0.05) is 28.9 Å². The van der Waals surface area contributed by atoms with E-state index in [0.717, 1.165) is 11.1 Å². The van der Waals surface area contributed by atoms with E-state index in [4.69, 9.17) is 0 Å². The lowest BCUT2D eigenvalue weighted by Gasteiger charge is -2.24. The van der Waals surface area contributed by atoms with Gasteiger partial charge in [-0.15, -0.1) is 0 Å². The summed E-state index contributed by atoms with van der Waals surface area (Å²) in [6.07, 6.45) is 1.72. The Morgan fingerprint density at radius 1 is 1.05 bits per heavy atom. The number of hydrogen-bond acceptors (Lipinski definition) is 3. The van der Waals surface area contributed by atoms with Gasteiger partial charge in [-0.3, -0.25) is 4.21 Å². The molecule has 3 nitrogen and oxygen atoms in total. The van der Waals surface area contributed by atoms with Crippen LogP contribution in [0.1, 0.15) is 24.1 Å². The number of rotatable bonds is 6. The molecule has 0 bridgehead atoms. The summed E-state index contributed by atoms with van der Waals surface area (Å²) < 4.78 is 11.4. The Balaban J connectivity index is 2.26. The van der Waals surface area contributed by atoms with Gasteiger partial charge in [-0.2, -0.15) is 0 Å². The molecule has 0 saturated carbocycles. The maximum Gasteiger partial charge on any atom is 0.115 e. The van der Waals surface area contributed by atoms with Crippen LogP contribution < -0.4 is 5.32 Å². The van der Waals surface area contributed by atoms with Crippen LogP contribution in [0.15, 0.2) is 54.6 Å². The van der Waals surface area contributed by atoms with Crippen molar-refractivity contribution >= 4 is 10.8 Å². The fraction of sp³-hybridized carbons (Fsp3) is 0.294. The van der Waals surface area contributed by atoms with Crippen LogP contribution in [0.2, 0.25) is 0 Å². The monoisotopic (exact) mass is 303 g/mol. The zero-order valence-electron chi connectivity index (χ0n) is 12.3. The van der Waals surface area contributed by atoms with Crippen LogP contribution in [0.25, 0.3) is 0 Å². The fourth-order valence-electron chi connectivity index (χ4n) is 2.38. The first-order valence-corrected chi connectivity index (χ1v) is 8.69. The molecule has 0 fully saturated rings. The van der Waals surface area contributed by atoms with Gasteiger partial charge in [0.2, 0.25) is 0 Å². The van der Waals surface area contributed by atoms with E-state index in [9.17, 15) is 9.32 Å². The summed E-state index contributed by atoms with van der Waals surface area (Å²) in [6, 6.07) is 17.5. The third kappa shape index (κ3) is 4.69. The highest BCUT2D eigenvalue weighted by molar-refractivity contribution is 7.84. The number of aromatic hydroxyl groups is 1. The van der Waals surface area contributed by atoms with Crippen molar-refractivity contribution in [2.24, 2.45) is 0 Å². The fourth-order valence-corrected chi connectivity index (χ4v) is 3.18. The molecule has 0 aliphatic heterocycles. The molecule has 0 spiro atoms. The van der Waals surface area contributed by atoms with E-state index in [1.165, 1.54) is 0 Å². The van der Waals surface area contributed by atoms with Gasteiger partial charge in [-0.1, -0.05) is 42.5 Å². The van der Waals surface area contributed by atoms with Gasteiger partial charge in [-0.25, -0.2) is 0 Å². The first kappa shape index (κ1) is 15.7. The molecule has 0 aromatic heterocycles. The Hall–Kier alpha value is -1.65. The van der Waals surface area contributed by atoms with E-state index < -0.39 is 10.8 Å². The van der Waals surface area contributed by atoms with Crippen LogP contribution in [-0.2, 0) is 10.8 Å². The van der Waals surface area contributed by atoms with Crippen molar-refractivity contribution in [1.29, 1.82) is 0 Å². The molecule has 2 N–H and O–H groups in total. The molecule has 0 aliphatic carbocycles. The molecule has 0 heterocycles. The summed E-state index contributed by atoms with van der Waals surface area (Å²) in [5.74, 6) is 0.870. The second-order valence-corrected chi connectivity index (χ2v) is 6.72. The van der Waals surface area contributed by atoms with E-state index in [-0.39, 0.29) is 17.8 Å². The molecule has 21 heavy (non-hydrogen) atoms. The standard InChI is InChI=1S/C17H21NO2S/c1-13(12-21(2)20)18-17(14-6-4-3-5-7-14)15-8-10-16(19)11-9-15/h3-11,13,17-19H,12H2,1-2H3. The van der Waals surface area contributed by atoms with E-state index in [0.29, 0.717) is 5.75 Å². The van der Waals surface area contributed by atoms with Gasteiger partial charge in [0.05, 0.1) is 6.04 Å². The molecule has 3 atom stereocenters. The molecule has 2 aromatic carbocycles. The summed E-state index contributed by atoms with van der Waals surface area (Å²) in [4.78, 5) is 0. The third-order valence-corrected chi connectivity index (χ3v) is 4.26. The summed E-state index contributed by atoms with van der Waals surface area (Å²) in [5, 5.41) is 13.0. The zero-order valence-corrected chi connectivity index (χ0v) is 13.1. The lowest BCUT2D eigenvalue weighted by Crippen LogP contribution is -2.35. The molecule has 2 aromatic rings. The van der Waals surface area contributed by atoms with Crippen molar-refractivity contribution < 1.29 is 9.32 Å². The van der Waals surface area contributed by atoms with Gasteiger partial charge < -0.3 is 10.4 Å². The zero-order chi connectivity index (χ0) is 15.2. The highest BCUT2D eigenvalue weighted by Gasteiger charge is 2.17. The Kier molecular flexibility index (Phi) is 5.53. The van der Waals surface area contributed by atoms with Crippen LogP contribution >= 0.6 is 0 Å². The average molecular weight is 303 g/mol. The van der Waals surface area contributed by atoms with Gasteiger partial charge >= 0.3 is 0 Å². The van der Waals surface area contributed by atoms with Crippen molar-refractivity contribution in [3.63, 3.8) is 0 Å². The Labute approximate surface area is 128 Å². The lowest BCUT2D eigenvalue weighted by molar-refractivity contribution is 0.474. The summed E-state index contributed by atoms with van der Waals surface area (Å²) in [7, 11) is -0.831. The normalized spacial score (nSPS) is 15.3. The van der Waals surface area contributed by atoms with Crippen molar-refractivity contribution in [3.05, 3.63) is 65.7 Å². The van der Waals surface area contributed by atoms with Crippen LogP contribution in [0.3, 0.4) is 0 Å². The maximum absolute atomic E-state index is 11.4. The minimum Gasteiger partial charge on any atom is -0.508 e. The second kappa shape index (κ2) is 7.38. The second-order valence-electron chi connectivity index (χ2n) is 5.24. The van der Waals surface area contributed by atoms with Crippen LogP contribution in [0, 0.1) is 0 Å². The Morgan fingerprint density at radius 2 is 1.62 bits per heavy atom. The largest absolute Gasteiger partial charge is 0.508 e. The molecular formula is C17H21NO2S. The molecule has 4 heteroatoms. The van der Waals surface area contributed by atoms with Gasteiger partial charge in [0.25, 0.3) is 0 Å². The highest BCUT2D eigenvalue weighted by Crippen LogP contribution is 2.24. The molecule has 0 aliphatic rings.